The Balaban J connectivity index is 1.53. The first-order chi connectivity index (χ1) is 14.1. The van der Waals surface area contributed by atoms with E-state index in [4.69, 9.17) is 4.74 Å². The number of nitrogens with zero attached hydrogens (tertiary/aromatic N) is 2. The van der Waals surface area contributed by atoms with Gasteiger partial charge in [-0.2, -0.15) is 0 Å². The highest BCUT2D eigenvalue weighted by atomic mass is 16.5. The van der Waals surface area contributed by atoms with Crippen LogP contribution < -0.4 is 20.3 Å². The van der Waals surface area contributed by atoms with Gasteiger partial charge in [-0.3, -0.25) is 14.5 Å². The van der Waals surface area contributed by atoms with Crippen LogP contribution in [-0.4, -0.2) is 56.5 Å². The van der Waals surface area contributed by atoms with Gasteiger partial charge in [0.15, 0.2) is 0 Å². The molecule has 0 aromatic heterocycles. The van der Waals surface area contributed by atoms with Crippen LogP contribution in [0.1, 0.15) is 13.3 Å². The predicted molar refractivity (Wildman–Crippen MR) is 116 cm³/mol. The Kier molecular flexibility index (Phi) is 7.08. The van der Waals surface area contributed by atoms with Gasteiger partial charge in [-0.1, -0.05) is 25.1 Å². The number of anilines is 3. The van der Waals surface area contributed by atoms with Crippen molar-refractivity contribution in [2.75, 3.05) is 55.4 Å². The van der Waals surface area contributed by atoms with Crippen LogP contribution in [0.5, 0.6) is 5.75 Å². The Labute approximate surface area is 171 Å². The fourth-order valence-electron chi connectivity index (χ4n) is 3.33. The molecule has 2 aromatic carbocycles. The zero-order chi connectivity index (χ0) is 20.6. The highest BCUT2D eigenvalue weighted by molar-refractivity contribution is 5.96. The van der Waals surface area contributed by atoms with E-state index in [1.54, 1.807) is 32.2 Å². The molecule has 2 amide bonds. The zero-order valence-corrected chi connectivity index (χ0v) is 17.0. The first-order valence-electron chi connectivity index (χ1n) is 9.89. The molecule has 1 heterocycles. The number of piperazine rings is 1. The molecular formula is C22H28N4O3. The summed E-state index contributed by atoms with van der Waals surface area (Å²) < 4.78 is 5.28. The summed E-state index contributed by atoms with van der Waals surface area (Å²) in [5.41, 5.74) is 2.40. The van der Waals surface area contributed by atoms with Gasteiger partial charge in [0, 0.05) is 44.0 Å². The van der Waals surface area contributed by atoms with E-state index in [2.05, 4.69) is 32.6 Å². The lowest BCUT2D eigenvalue weighted by atomic mass is 10.2. The van der Waals surface area contributed by atoms with Gasteiger partial charge in [0.05, 0.1) is 19.3 Å². The summed E-state index contributed by atoms with van der Waals surface area (Å²) in [4.78, 5) is 28.7. The summed E-state index contributed by atoms with van der Waals surface area (Å²) in [6, 6.07) is 15.6. The van der Waals surface area contributed by atoms with Gasteiger partial charge in [0.2, 0.25) is 11.8 Å². The summed E-state index contributed by atoms with van der Waals surface area (Å²) in [6.45, 7) is 5.59. The van der Waals surface area contributed by atoms with Crippen LogP contribution in [0.25, 0.3) is 0 Å². The minimum atomic E-state index is -0.108. The fraction of sp³-hybridized carbons (Fsp3) is 0.364. The molecule has 7 nitrogen and oxygen atoms in total. The van der Waals surface area contributed by atoms with Crippen molar-refractivity contribution in [1.29, 1.82) is 0 Å². The zero-order valence-electron chi connectivity index (χ0n) is 17.0. The van der Waals surface area contributed by atoms with E-state index in [0.29, 0.717) is 30.1 Å². The highest BCUT2D eigenvalue weighted by Crippen LogP contribution is 2.28. The van der Waals surface area contributed by atoms with Crippen molar-refractivity contribution in [1.82, 2.24) is 4.90 Å². The summed E-state index contributed by atoms with van der Waals surface area (Å²) in [7, 11) is 1.55. The third-order valence-corrected chi connectivity index (χ3v) is 4.94. The van der Waals surface area contributed by atoms with E-state index in [1.165, 1.54) is 5.69 Å². The Hall–Kier alpha value is -3.06. The van der Waals surface area contributed by atoms with Gasteiger partial charge in [-0.05, 0) is 30.3 Å². The molecule has 1 aliphatic heterocycles. The highest BCUT2D eigenvalue weighted by Gasteiger charge is 2.19. The number of ether oxygens (including phenoxy) is 1. The molecule has 2 aromatic rings. The smallest absolute Gasteiger partial charge is 0.238 e. The number of benzene rings is 2. The van der Waals surface area contributed by atoms with E-state index in [-0.39, 0.29) is 11.8 Å². The lowest BCUT2D eigenvalue weighted by molar-refractivity contribution is -0.117. The second kappa shape index (κ2) is 9.93. The van der Waals surface area contributed by atoms with Gasteiger partial charge in [-0.15, -0.1) is 0 Å². The summed E-state index contributed by atoms with van der Waals surface area (Å²) in [5, 5.41) is 5.71. The van der Waals surface area contributed by atoms with Crippen LogP contribution in [0.4, 0.5) is 17.1 Å². The minimum absolute atomic E-state index is 0.0731. The van der Waals surface area contributed by atoms with Crippen molar-refractivity contribution in [3.8, 4) is 5.75 Å². The van der Waals surface area contributed by atoms with Crippen LogP contribution in [0.3, 0.4) is 0 Å². The number of rotatable bonds is 7. The Bertz CT molecular complexity index is 833. The minimum Gasteiger partial charge on any atom is -0.495 e. The van der Waals surface area contributed by atoms with Gasteiger partial charge in [0.1, 0.15) is 5.75 Å². The first kappa shape index (κ1) is 20.7. The number of methoxy groups -OCH3 is 1. The number of para-hydroxylation sites is 1. The standard InChI is InChI=1S/C22H28N4O3/c1-3-21(27)24-19-15-17(9-10-20(19)29-2)23-22(28)16-25-11-13-26(14-12-25)18-7-5-4-6-8-18/h4-10,15H,3,11-14,16H2,1-2H3,(H,23,28)(H,24,27). The molecule has 0 aliphatic carbocycles. The van der Waals surface area contributed by atoms with Crippen LogP contribution in [0.2, 0.25) is 0 Å². The maximum Gasteiger partial charge on any atom is 0.238 e. The largest absolute Gasteiger partial charge is 0.495 e. The number of hydrogen-bond donors (Lipinski definition) is 2. The second-order valence-electron chi connectivity index (χ2n) is 6.96. The Morgan fingerprint density at radius 1 is 0.966 bits per heavy atom. The topological polar surface area (TPSA) is 73.9 Å². The van der Waals surface area contributed by atoms with Gasteiger partial charge < -0.3 is 20.3 Å². The summed E-state index contributed by atoms with van der Waals surface area (Å²) in [5.74, 6) is 0.376. The molecule has 2 N–H and O–H groups in total. The van der Waals surface area contributed by atoms with Crippen molar-refractivity contribution in [2.24, 2.45) is 0 Å². The maximum atomic E-state index is 12.5. The molecule has 7 heteroatoms. The molecule has 154 valence electrons. The van der Waals surface area contributed by atoms with Crippen LogP contribution >= 0.6 is 0 Å². The summed E-state index contributed by atoms with van der Waals surface area (Å²) in [6.07, 6.45) is 0.370. The summed E-state index contributed by atoms with van der Waals surface area (Å²) >= 11 is 0. The van der Waals surface area contributed by atoms with E-state index >= 15 is 0 Å². The normalized spacial score (nSPS) is 14.3. The molecule has 1 aliphatic rings. The van der Waals surface area contributed by atoms with E-state index in [0.717, 1.165) is 26.2 Å². The molecule has 1 fully saturated rings. The fourth-order valence-corrected chi connectivity index (χ4v) is 3.33. The quantitative estimate of drug-likeness (QED) is 0.753. The van der Waals surface area contributed by atoms with Crippen molar-refractivity contribution in [3.63, 3.8) is 0 Å². The molecule has 29 heavy (non-hydrogen) atoms. The van der Waals surface area contributed by atoms with Gasteiger partial charge in [0.25, 0.3) is 0 Å². The molecule has 0 radical (unpaired) electrons. The van der Waals surface area contributed by atoms with Gasteiger partial charge >= 0.3 is 0 Å². The Morgan fingerprint density at radius 2 is 1.69 bits per heavy atom. The van der Waals surface area contributed by atoms with Gasteiger partial charge in [-0.25, -0.2) is 0 Å². The first-order valence-corrected chi connectivity index (χ1v) is 9.89. The van der Waals surface area contributed by atoms with Crippen molar-refractivity contribution >= 4 is 28.9 Å². The van der Waals surface area contributed by atoms with E-state index in [9.17, 15) is 9.59 Å². The SMILES string of the molecule is CCC(=O)Nc1cc(NC(=O)CN2CCN(c3ccccc3)CC2)ccc1OC. The average molecular weight is 396 g/mol. The number of amides is 2. The lowest BCUT2D eigenvalue weighted by Gasteiger charge is -2.35. The molecule has 0 unspecified atom stereocenters. The van der Waals surface area contributed by atoms with Crippen LogP contribution in [-0.2, 0) is 9.59 Å². The third-order valence-electron chi connectivity index (χ3n) is 4.94. The molecule has 0 saturated carbocycles. The second-order valence-corrected chi connectivity index (χ2v) is 6.96. The number of nitrogens with one attached hydrogen (secondary N) is 2. The predicted octanol–water partition coefficient (Wildman–Crippen LogP) is 2.80. The maximum absolute atomic E-state index is 12.5. The van der Waals surface area contributed by atoms with E-state index < -0.39 is 0 Å². The molecule has 0 atom stereocenters. The molecule has 1 saturated heterocycles. The Morgan fingerprint density at radius 3 is 2.34 bits per heavy atom. The lowest BCUT2D eigenvalue weighted by Crippen LogP contribution is -2.48. The van der Waals surface area contributed by atoms with E-state index in [1.807, 2.05) is 18.2 Å². The van der Waals surface area contributed by atoms with Crippen molar-refractivity contribution < 1.29 is 14.3 Å². The molecule has 0 spiro atoms. The average Bonchev–Trinajstić information content (AvgIpc) is 2.75. The molecular weight excluding hydrogens is 368 g/mol. The van der Waals surface area contributed by atoms with Crippen molar-refractivity contribution in [3.05, 3.63) is 48.5 Å². The number of hydrogen-bond acceptors (Lipinski definition) is 5. The van der Waals surface area contributed by atoms with Crippen LogP contribution in [0.15, 0.2) is 48.5 Å². The number of carbonyl (C=O) groups is 2. The molecule has 3 rings (SSSR count). The van der Waals surface area contributed by atoms with Crippen molar-refractivity contribution in [2.45, 2.75) is 13.3 Å². The third kappa shape index (κ3) is 5.71. The van der Waals surface area contributed by atoms with Crippen LogP contribution in [0, 0.1) is 0 Å². The molecule has 0 bridgehead atoms. The number of carbonyl (C=O) groups excluding carboxylic acids is 2. The monoisotopic (exact) mass is 396 g/mol.